The number of anilines is 3. The van der Waals surface area contributed by atoms with Crippen LogP contribution in [0.15, 0.2) is 55.1 Å². The standard InChI is InChI=1S/C19H17Cl2N5O2/c20-15-9-14(10-16(21)18(15)22)25-19(28)12-2-1-3-13(8-12)24-17(27)4-6-26-7-5-23-11-26/h1-3,5,7-11H,4,6,22H2,(H,24,27)(H,25,28). The van der Waals surface area contributed by atoms with E-state index in [9.17, 15) is 9.59 Å². The third kappa shape index (κ3) is 5.03. The highest BCUT2D eigenvalue weighted by atomic mass is 35.5. The number of nitrogen functional groups attached to an aromatic ring is 1. The Kier molecular flexibility index (Phi) is 6.18. The van der Waals surface area contributed by atoms with Gasteiger partial charge in [0.2, 0.25) is 5.91 Å². The summed E-state index contributed by atoms with van der Waals surface area (Å²) in [4.78, 5) is 28.5. The molecular weight excluding hydrogens is 401 g/mol. The van der Waals surface area contributed by atoms with Crippen LogP contribution < -0.4 is 16.4 Å². The number of nitrogens with zero attached hydrogens (tertiary/aromatic N) is 2. The van der Waals surface area contributed by atoms with Gasteiger partial charge >= 0.3 is 0 Å². The average molecular weight is 418 g/mol. The fourth-order valence-corrected chi connectivity index (χ4v) is 2.96. The van der Waals surface area contributed by atoms with E-state index in [0.717, 1.165) is 0 Å². The van der Waals surface area contributed by atoms with Crippen LogP contribution in [0.2, 0.25) is 10.0 Å². The predicted molar refractivity (Wildman–Crippen MR) is 111 cm³/mol. The van der Waals surface area contributed by atoms with Crippen LogP contribution in [0.5, 0.6) is 0 Å². The number of benzene rings is 2. The van der Waals surface area contributed by atoms with Crippen molar-refractivity contribution < 1.29 is 9.59 Å². The molecule has 0 spiro atoms. The van der Waals surface area contributed by atoms with E-state index < -0.39 is 0 Å². The highest BCUT2D eigenvalue weighted by Crippen LogP contribution is 2.31. The molecule has 0 fully saturated rings. The number of nitrogens with two attached hydrogens (primary N) is 1. The first-order chi connectivity index (χ1) is 13.4. The molecule has 3 rings (SSSR count). The molecule has 2 amide bonds. The van der Waals surface area contributed by atoms with Gasteiger partial charge in [0.15, 0.2) is 0 Å². The van der Waals surface area contributed by atoms with E-state index in [2.05, 4.69) is 15.6 Å². The summed E-state index contributed by atoms with van der Waals surface area (Å²) >= 11 is 12.0. The molecule has 1 aromatic heterocycles. The summed E-state index contributed by atoms with van der Waals surface area (Å²) in [5.41, 5.74) is 7.26. The quantitative estimate of drug-likeness (QED) is 0.526. The zero-order valence-corrected chi connectivity index (χ0v) is 16.2. The predicted octanol–water partition coefficient (Wildman–Crippen LogP) is 4.05. The molecule has 0 atom stereocenters. The Morgan fingerprint density at radius 1 is 1.07 bits per heavy atom. The minimum atomic E-state index is -0.369. The molecule has 2 aromatic carbocycles. The summed E-state index contributed by atoms with van der Waals surface area (Å²) in [5.74, 6) is -0.533. The smallest absolute Gasteiger partial charge is 0.255 e. The van der Waals surface area contributed by atoms with E-state index in [-0.39, 0.29) is 34.0 Å². The summed E-state index contributed by atoms with van der Waals surface area (Å²) in [7, 11) is 0. The van der Waals surface area contributed by atoms with Gasteiger partial charge in [0.25, 0.3) is 5.91 Å². The zero-order valence-electron chi connectivity index (χ0n) is 14.7. The fraction of sp³-hybridized carbons (Fsp3) is 0.105. The largest absolute Gasteiger partial charge is 0.396 e. The van der Waals surface area contributed by atoms with Gasteiger partial charge in [0.05, 0.1) is 22.1 Å². The first-order valence-electron chi connectivity index (χ1n) is 8.34. The number of hydrogen-bond donors (Lipinski definition) is 3. The molecule has 0 radical (unpaired) electrons. The molecule has 28 heavy (non-hydrogen) atoms. The lowest BCUT2D eigenvalue weighted by Crippen LogP contribution is -2.16. The van der Waals surface area contributed by atoms with Gasteiger partial charge in [-0.15, -0.1) is 0 Å². The third-order valence-electron chi connectivity index (χ3n) is 3.90. The Morgan fingerprint density at radius 3 is 2.50 bits per heavy atom. The normalized spacial score (nSPS) is 10.5. The summed E-state index contributed by atoms with van der Waals surface area (Å²) < 4.78 is 1.81. The number of aromatic nitrogens is 2. The third-order valence-corrected chi connectivity index (χ3v) is 4.53. The van der Waals surface area contributed by atoms with Crippen LogP contribution in [-0.4, -0.2) is 21.4 Å². The maximum Gasteiger partial charge on any atom is 0.255 e. The topological polar surface area (TPSA) is 102 Å². The Labute approximate surface area is 171 Å². The van der Waals surface area contributed by atoms with Crippen molar-refractivity contribution in [2.24, 2.45) is 0 Å². The van der Waals surface area contributed by atoms with Crippen molar-refractivity contribution in [2.45, 2.75) is 13.0 Å². The average Bonchev–Trinajstić information content (AvgIpc) is 3.18. The molecular formula is C19H17Cl2N5O2. The number of imidazole rings is 1. The van der Waals surface area contributed by atoms with Crippen molar-refractivity contribution in [1.29, 1.82) is 0 Å². The summed E-state index contributed by atoms with van der Waals surface area (Å²) in [5, 5.41) is 5.99. The number of hydrogen-bond acceptors (Lipinski definition) is 4. The Balaban J connectivity index is 1.63. The van der Waals surface area contributed by atoms with Crippen LogP contribution in [0.25, 0.3) is 0 Å². The second kappa shape index (κ2) is 8.77. The van der Waals surface area contributed by atoms with Crippen LogP contribution in [-0.2, 0) is 11.3 Å². The number of carbonyl (C=O) groups is 2. The number of amides is 2. The summed E-state index contributed by atoms with van der Waals surface area (Å²) in [6, 6.07) is 9.65. The van der Waals surface area contributed by atoms with Crippen molar-refractivity contribution >= 4 is 52.1 Å². The Bertz CT molecular complexity index is 982. The second-order valence-electron chi connectivity index (χ2n) is 5.99. The van der Waals surface area contributed by atoms with Gasteiger partial charge in [-0.3, -0.25) is 9.59 Å². The Hall–Kier alpha value is -3.03. The fourth-order valence-electron chi connectivity index (χ4n) is 2.47. The molecule has 0 saturated carbocycles. The SMILES string of the molecule is Nc1c(Cl)cc(NC(=O)c2cccc(NC(=O)CCn3ccnc3)c2)cc1Cl. The maximum absolute atomic E-state index is 12.5. The summed E-state index contributed by atoms with van der Waals surface area (Å²) in [6.07, 6.45) is 5.37. The van der Waals surface area contributed by atoms with Crippen LogP contribution in [0.4, 0.5) is 17.1 Å². The van der Waals surface area contributed by atoms with Crippen LogP contribution in [0.3, 0.4) is 0 Å². The molecule has 7 nitrogen and oxygen atoms in total. The molecule has 0 aliphatic heterocycles. The molecule has 3 aromatic rings. The molecule has 4 N–H and O–H groups in total. The van der Waals surface area contributed by atoms with Crippen LogP contribution in [0, 0.1) is 0 Å². The summed E-state index contributed by atoms with van der Waals surface area (Å²) in [6.45, 7) is 0.519. The number of rotatable bonds is 6. The lowest BCUT2D eigenvalue weighted by atomic mass is 10.1. The van der Waals surface area contributed by atoms with Gasteiger partial charge in [-0.05, 0) is 30.3 Å². The zero-order chi connectivity index (χ0) is 20.1. The molecule has 0 aliphatic rings. The molecule has 0 unspecified atom stereocenters. The van der Waals surface area contributed by atoms with Crippen molar-refractivity contribution in [3.05, 3.63) is 70.7 Å². The lowest BCUT2D eigenvalue weighted by Gasteiger charge is -2.10. The van der Waals surface area contributed by atoms with Gasteiger partial charge in [-0.1, -0.05) is 29.3 Å². The Morgan fingerprint density at radius 2 is 1.82 bits per heavy atom. The van der Waals surface area contributed by atoms with E-state index in [4.69, 9.17) is 28.9 Å². The molecule has 0 aliphatic carbocycles. The van der Waals surface area contributed by atoms with E-state index in [1.165, 1.54) is 12.1 Å². The second-order valence-corrected chi connectivity index (χ2v) is 6.80. The number of aryl methyl sites for hydroxylation is 1. The van der Waals surface area contributed by atoms with E-state index in [1.54, 1.807) is 43.0 Å². The van der Waals surface area contributed by atoms with Crippen LogP contribution >= 0.6 is 23.2 Å². The van der Waals surface area contributed by atoms with Gasteiger partial charge in [0.1, 0.15) is 0 Å². The first kappa shape index (κ1) is 19.7. The van der Waals surface area contributed by atoms with Crippen molar-refractivity contribution in [3.8, 4) is 0 Å². The van der Waals surface area contributed by atoms with Gasteiger partial charge in [-0.25, -0.2) is 4.98 Å². The van der Waals surface area contributed by atoms with Gasteiger partial charge in [-0.2, -0.15) is 0 Å². The van der Waals surface area contributed by atoms with E-state index >= 15 is 0 Å². The van der Waals surface area contributed by atoms with Crippen molar-refractivity contribution in [2.75, 3.05) is 16.4 Å². The van der Waals surface area contributed by atoms with Crippen LogP contribution in [0.1, 0.15) is 16.8 Å². The van der Waals surface area contributed by atoms with Crippen molar-refractivity contribution in [3.63, 3.8) is 0 Å². The number of halogens is 2. The molecule has 0 bridgehead atoms. The minimum Gasteiger partial charge on any atom is -0.396 e. The number of nitrogens with one attached hydrogen (secondary N) is 2. The van der Waals surface area contributed by atoms with Gasteiger partial charge in [0, 0.05) is 42.3 Å². The van der Waals surface area contributed by atoms with Gasteiger partial charge < -0.3 is 20.9 Å². The molecule has 9 heteroatoms. The minimum absolute atomic E-state index is 0.164. The highest BCUT2D eigenvalue weighted by molar-refractivity contribution is 6.39. The van der Waals surface area contributed by atoms with Crippen molar-refractivity contribution in [1.82, 2.24) is 9.55 Å². The highest BCUT2D eigenvalue weighted by Gasteiger charge is 2.11. The number of carbonyl (C=O) groups excluding carboxylic acids is 2. The monoisotopic (exact) mass is 417 g/mol. The molecule has 0 saturated heterocycles. The van der Waals surface area contributed by atoms with E-state index in [0.29, 0.717) is 23.5 Å². The molecule has 1 heterocycles. The van der Waals surface area contributed by atoms with E-state index in [1.807, 2.05) is 4.57 Å². The first-order valence-corrected chi connectivity index (χ1v) is 9.09. The maximum atomic E-state index is 12.5. The molecule has 144 valence electrons. The lowest BCUT2D eigenvalue weighted by molar-refractivity contribution is -0.116.